The molecule has 1 aromatic carbocycles. The zero-order valence-electron chi connectivity index (χ0n) is 15.2. The Morgan fingerprint density at radius 2 is 2.00 bits per heavy atom. The average Bonchev–Trinajstić information content (AvgIpc) is 2.64. The van der Waals surface area contributed by atoms with Gasteiger partial charge in [-0.3, -0.25) is 14.7 Å². The number of nitrogens with zero attached hydrogens (tertiary/aromatic N) is 3. The number of likely N-dealkylation sites (N-methyl/N-ethyl adjacent to an activating group) is 1. The highest BCUT2D eigenvalue weighted by atomic mass is 16.2. The lowest BCUT2D eigenvalue weighted by Gasteiger charge is -2.37. The van der Waals surface area contributed by atoms with Crippen molar-refractivity contribution in [2.75, 3.05) is 20.1 Å². The molecule has 4 heteroatoms. The summed E-state index contributed by atoms with van der Waals surface area (Å²) < 4.78 is 0. The van der Waals surface area contributed by atoms with Crippen LogP contribution in [0.25, 0.3) is 0 Å². The lowest BCUT2D eigenvalue weighted by atomic mass is 10.0. The summed E-state index contributed by atoms with van der Waals surface area (Å²) in [5.74, 6) is 0.178. The van der Waals surface area contributed by atoms with Crippen LogP contribution < -0.4 is 0 Å². The third-order valence-electron chi connectivity index (χ3n) is 5.00. The van der Waals surface area contributed by atoms with Crippen LogP contribution in [0.2, 0.25) is 0 Å². The molecule has 3 rings (SSSR count). The summed E-state index contributed by atoms with van der Waals surface area (Å²) in [5, 5.41) is 0. The predicted molar refractivity (Wildman–Crippen MR) is 100 cm³/mol. The van der Waals surface area contributed by atoms with Gasteiger partial charge < -0.3 is 4.90 Å². The van der Waals surface area contributed by atoms with Crippen LogP contribution in [-0.2, 0) is 17.8 Å². The number of amides is 1. The van der Waals surface area contributed by atoms with Crippen LogP contribution in [0.15, 0.2) is 48.7 Å². The number of pyridine rings is 1. The number of rotatable bonds is 5. The molecule has 1 atom stereocenters. The van der Waals surface area contributed by atoms with Gasteiger partial charge in [0, 0.05) is 38.1 Å². The summed E-state index contributed by atoms with van der Waals surface area (Å²) in [6.07, 6.45) is 4.46. The van der Waals surface area contributed by atoms with Gasteiger partial charge in [0.1, 0.15) is 0 Å². The van der Waals surface area contributed by atoms with Crippen LogP contribution in [0, 0.1) is 6.92 Å². The molecule has 1 saturated heterocycles. The van der Waals surface area contributed by atoms with Crippen molar-refractivity contribution in [3.8, 4) is 0 Å². The third-order valence-corrected chi connectivity index (χ3v) is 5.00. The second-order valence-corrected chi connectivity index (χ2v) is 7.01. The monoisotopic (exact) mass is 337 g/mol. The average molecular weight is 337 g/mol. The first-order valence-electron chi connectivity index (χ1n) is 9.05. The van der Waals surface area contributed by atoms with Crippen LogP contribution in [0.3, 0.4) is 0 Å². The normalized spacial score (nSPS) is 18.1. The van der Waals surface area contributed by atoms with E-state index in [9.17, 15) is 4.79 Å². The van der Waals surface area contributed by atoms with E-state index in [0.29, 0.717) is 12.5 Å². The number of hydrogen-bond donors (Lipinski definition) is 0. The molecule has 0 aliphatic carbocycles. The van der Waals surface area contributed by atoms with Crippen molar-refractivity contribution in [2.24, 2.45) is 0 Å². The quantitative estimate of drug-likeness (QED) is 0.841. The third kappa shape index (κ3) is 4.89. The fraction of sp³-hybridized carbons (Fsp3) is 0.429. The molecule has 0 saturated carbocycles. The number of aromatic nitrogens is 1. The van der Waals surface area contributed by atoms with E-state index < -0.39 is 0 Å². The molecule has 1 aliphatic rings. The number of benzene rings is 1. The fourth-order valence-electron chi connectivity index (χ4n) is 3.44. The smallest absolute Gasteiger partial charge is 0.227 e. The lowest BCUT2D eigenvalue weighted by Crippen LogP contribution is -2.48. The topological polar surface area (TPSA) is 36.4 Å². The van der Waals surface area contributed by atoms with Crippen molar-refractivity contribution in [1.82, 2.24) is 14.8 Å². The minimum Gasteiger partial charge on any atom is -0.341 e. The Morgan fingerprint density at radius 1 is 1.20 bits per heavy atom. The fourth-order valence-corrected chi connectivity index (χ4v) is 3.44. The number of hydrogen-bond acceptors (Lipinski definition) is 3. The molecule has 0 spiro atoms. The van der Waals surface area contributed by atoms with Gasteiger partial charge in [-0.05, 0) is 43.5 Å². The minimum atomic E-state index is 0.178. The molecule has 2 heterocycles. The number of likely N-dealkylation sites (tertiary alicyclic amines) is 1. The summed E-state index contributed by atoms with van der Waals surface area (Å²) in [5.41, 5.74) is 3.30. The number of aryl methyl sites for hydroxylation is 1. The van der Waals surface area contributed by atoms with Crippen molar-refractivity contribution in [2.45, 2.75) is 38.8 Å². The first-order valence-corrected chi connectivity index (χ1v) is 9.05. The van der Waals surface area contributed by atoms with Gasteiger partial charge in [-0.25, -0.2) is 0 Å². The highest BCUT2D eigenvalue weighted by molar-refractivity contribution is 5.78. The molecule has 0 unspecified atom stereocenters. The maximum atomic E-state index is 12.6. The van der Waals surface area contributed by atoms with E-state index in [-0.39, 0.29) is 5.91 Å². The second-order valence-electron chi connectivity index (χ2n) is 7.01. The van der Waals surface area contributed by atoms with Gasteiger partial charge in [0.05, 0.1) is 6.42 Å². The van der Waals surface area contributed by atoms with E-state index in [4.69, 9.17) is 0 Å². The first-order chi connectivity index (χ1) is 12.1. The molecule has 132 valence electrons. The Morgan fingerprint density at radius 3 is 2.72 bits per heavy atom. The van der Waals surface area contributed by atoms with Crippen LogP contribution >= 0.6 is 0 Å². The molecule has 4 nitrogen and oxygen atoms in total. The zero-order valence-corrected chi connectivity index (χ0v) is 15.2. The van der Waals surface area contributed by atoms with Crippen molar-refractivity contribution >= 4 is 5.91 Å². The molecule has 0 N–H and O–H groups in total. The van der Waals surface area contributed by atoms with Gasteiger partial charge in [0.15, 0.2) is 0 Å². The number of piperidine rings is 1. The molecule has 2 aromatic rings. The van der Waals surface area contributed by atoms with E-state index in [2.05, 4.69) is 40.2 Å². The molecule has 1 aromatic heterocycles. The van der Waals surface area contributed by atoms with Gasteiger partial charge in [-0.1, -0.05) is 36.4 Å². The standard InChI is InChI=1S/C21H27N3O/c1-17-10-11-19(14-22-17)13-21(25)23(2)20-9-6-12-24(16-20)15-18-7-4-3-5-8-18/h3-5,7-8,10-11,14,20H,6,9,12-13,15-16H2,1-2H3/t20-/m1/s1. The molecular weight excluding hydrogens is 310 g/mol. The summed E-state index contributed by atoms with van der Waals surface area (Å²) in [4.78, 5) is 21.3. The van der Waals surface area contributed by atoms with Crippen molar-refractivity contribution < 1.29 is 4.79 Å². The number of carbonyl (C=O) groups is 1. The van der Waals surface area contributed by atoms with E-state index in [1.807, 2.05) is 37.2 Å². The van der Waals surface area contributed by atoms with Crippen LogP contribution in [0.1, 0.15) is 29.7 Å². The highest BCUT2D eigenvalue weighted by Crippen LogP contribution is 2.18. The lowest BCUT2D eigenvalue weighted by molar-refractivity contribution is -0.132. The van der Waals surface area contributed by atoms with Crippen LogP contribution in [-0.4, -0.2) is 46.9 Å². The largest absolute Gasteiger partial charge is 0.341 e. The Kier molecular flexibility index (Phi) is 5.82. The molecule has 25 heavy (non-hydrogen) atoms. The Hall–Kier alpha value is -2.20. The molecule has 1 amide bonds. The predicted octanol–water partition coefficient (Wildman–Crippen LogP) is 3.06. The van der Waals surface area contributed by atoms with Gasteiger partial charge in [0.25, 0.3) is 0 Å². The zero-order chi connectivity index (χ0) is 17.6. The van der Waals surface area contributed by atoms with Gasteiger partial charge in [0.2, 0.25) is 5.91 Å². The van der Waals surface area contributed by atoms with E-state index in [0.717, 1.165) is 43.7 Å². The van der Waals surface area contributed by atoms with Gasteiger partial charge in [-0.15, -0.1) is 0 Å². The second kappa shape index (κ2) is 8.26. The summed E-state index contributed by atoms with van der Waals surface area (Å²) in [6, 6.07) is 14.8. The molecule has 1 aliphatic heterocycles. The van der Waals surface area contributed by atoms with Crippen LogP contribution in [0.5, 0.6) is 0 Å². The van der Waals surface area contributed by atoms with Gasteiger partial charge in [-0.2, -0.15) is 0 Å². The molecular formula is C21H27N3O. The Bertz CT molecular complexity index is 684. The van der Waals surface area contributed by atoms with E-state index >= 15 is 0 Å². The maximum Gasteiger partial charge on any atom is 0.227 e. The molecule has 0 bridgehead atoms. The maximum absolute atomic E-state index is 12.6. The SMILES string of the molecule is Cc1ccc(CC(=O)N(C)[C@@H]2CCCN(Cc3ccccc3)C2)cn1. The van der Waals surface area contributed by atoms with Crippen LogP contribution in [0.4, 0.5) is 0 Å². The Balaban J connectivity index is 1.56. The highest BCUT2D eigenvalue weighted by Gasteiger charge is 2.26. The molecule has 0 radical (unpaired) electrons. The van der Waals surface area contributed by atoms with Gasteiger partial charge >= 0.3 is 0 Å². The first kappa shape index (κ1) is 17.6. The summed E-state index contributed by atoms with van der Waals surface area (Å²) in [7, 11) is 1.95. The summed E-state index contributed by atoms with van der Waals surface area (Å²) in [6.45, 7) is 4.97. The minimum absolute atomic E-state index is 0.178. The summed E-state index contributed by atoms with van der Waals surface area (Å²) >= 11 is 0. The van der Waals surface area contributed by atoms with Crippen molar-refractivity contribution in [3.63, 3.8) is 0 Å². The van der Waals surface area contributed by atoms with Crippen molar-refractivity contribution in [1.29, 1.82) is 0 Å². The van der Waals surface area contributed by atoms with Crippen molar-refractivity contribution in [3.05, 3.63) is 65.5 Å². The Labute approximate surface area is 150 Å². The van der Waals surface area contributed by atoms with E-state index in [1.165, 1.54) is 5.56 Å². The van der Waals surface area contributed by atoms with E-state index in [1.54, 1.807) is 0 Å². The number of carbonyl (C=O) groups excluding carboxylic acids is 1. The molecule has 1 fully saturated rings.